The monoisotopic (exact) mass is 311 g/mol. The molecule has 0 heterocycles. The van der Waals surface area contributed by atoms with Crippen molar-refractivity contribution in [3.05, 3.63) is 69.5 Å². The molecule has 0 aliphatic rings. The third-order valence-electron chi connectivity index (χ3n) is 2.82. The van der Waals surface area contributed by atoms with E-state index >= 15 is 0 Å². The van der Waals surface area contributed by atoms with Crippen LogP contribution in [0.1, 0.15) is 15.9 Å². The summed E-state index contributed by atoms with van der Waals surface area (Å²) in [6.45, 7) is 0.396. The number of carbonyl (C=O) groups excluding carboxylic acids is 1. The van der Waals surface area contributed by atoms with Crippen LogP contribution < -0.4 is 0 Å². The van der Waals surface area contributed by atoms with E-state index in [0.29, 0.717) is 11.6 Å². The van der Waals surface area contributed by atoms with Crippen molar-refractivity contribution in [1.29, 1.82) is 0 Å². The summed E-state index contributed by atoms with van der Waals surface area (Å²) in [5.41, 5.74) is 1.18. The molecule has 1 amide bonds. The molecule has 0 bridgehead atoms. The van der Waals surface area contributed by atoms with E-state index in [1.165, 1.54) is 17.0 Å². The summed E-state index contributed by atoms with van der Waals surface area (Å²) in [5, 5.41) is 0.719. The van der Waals surface area contributed by atoms with Crippen LogP contribution in [0.15, 0.2) is 42.5 Å². The Kier molecular flexibility index (Phi) is 4.63. The second-order valence-corrected chi connectivity index (χ2v) is 5.26. The fourth-order valence-corrected chi connectivity index (χ4v) is 2.31. The number of hydrogen-bond acceptors (Lipinski definition) is 1. The highest BCUT2D eigenvalue weighted by atomic mass is 35.5. The van der Waals surface area contributed by atoms with Crippen molar-refractivity contribution in [2.75, 3.05) is 7.05 Å². The zero-order valence-corrected chi connectivity index (χ0v) is 12.2. The first kappa shape index (κ1) is 14.8. The Morgan fingerprint density at radius 3 is 2.60 bits per heavy atom. The van der Waals surface area contributed by atoms with Crippen molar-refractivity contribution in [2.45, 2.75) is 6.54 Å². The highest BCUT2D eigenvalue weighted by Gasteiger charge is 2.15. The van der Waals surface area contributed by atoms with Crippen molar-refractivity contribution in [1.82, 2.24) is 4.90 Å². The summed E-state index contributed by atoms with van der Waals surface area (Å²) in [7, 11) is 1.66. The lowest BCUT2D eigenvalue weighted by Gasteiger charge is -2.18. The van der Waals surface area contributed by atoms with Crippen LogP contribution in [0.2, 0.25) is 10.0 Å². The predicted octanol–water partition coefficient (Wildman–Crippen LogP) is 4.40. The van der Waals surface area contributed by atoms with Crippen LogP contribution in [0, 0.1) is 5.82 Å². The highest BCUT2D eigenvalue weighted by molar-refractivity contribution is 6.33. The summed E-state index contributed by atoms with van der Waals surface area (Å²) in [6.07, 6.45) is 0. The minimum atomic E-state index is -0.468. The first-order chi connectivity index (χ1) is 9.47. The van der Waals surface area contributed by atoms with Gasteiger partial charge in [0.2, 0.25) is 0 Å². The lowest BCUT2D eigenvalue weighted by Crippen LogP contribution is -2.26. The van der Waals surface area contributed by atoms with E-state index < -0.39 is 5.82 Å². The topological polar surface area (TPSA) is 20.3 Å². The summed E-state index contributed by atoms with van der Waals surface area (Å²) in [4.78, 5) is 13.8. The maximum absolute atomic E-state index is 13.0. The molecule has 0 radical (unpaired) electrons. The molecule has 0 N–H and O–H groups in total. The van der Waals surface area contributed by atoms with Gasteiger partial charge >= 0.3 is 0 Å². The third kappa shape index (κ3) is 3.50. The van der Waals surface area contributed by atoms with Crippen molar-refractivity contribution in [3.63, 3.8) is 0 Å². The Labute approximate surface area is 126 Å². The van der Waals surface area contributed by atoms with Crippen molar-refractivity contribution < 1.29 is 9.18 Å². The molecule has 5 heteroatoms. The summed E-state index contributed by atoms with van der Waals surface area (Å²) in [6, 6.07) is 11.0. The standard InChI is InChI=1S/C15H12Cl2FNO/c1-19(9-10-3-2-4-11(16)7-10)15(20)13-6-5-12(18)8-14(13)17/h2-8H,9H2,1H3. The third-order valence-corrected chi connectivity index (χ3v) is 3.36. The Morgan fingerprint density at radius 1 is 1.20 bits per heavy atom. The van der Waals surface area contributed by atoms with E-state index in [1.807, 2.05) is 12.1 Å². The number of amides is 1. The zero-order valence-electron chi connectivity index (χ0n) is 10.7. The molecule has 2 rings (SSSR count). The van der Waals surface area contributed by atoms with E-state index in [4.69, 9.17) is 23.2 Å². The highest BCUT2D eigenvalue weighted by Crippen LogP contribution is 2.20. The summed E-state index contributed by atoms with van der Waals surface area (Å²) < 4.78 is 13.0. The first-order valence-electron chi connectivity index (χ1n) is 5.92. The first-order valence-corrected chi connectivity index (χ1v) is 6.68. The number of halogens is 3. The van der Waals surface area contributed by atoms with Gasteiger partial charge in [-0.1, -0.05) is 35.3 Å². The fraction of sp³-hybridized carbons (Fsp3) is 0.133. The summed E-state index contributed by atoms with van der Waals surface area (Å²) >= 11 is 11.8. The van der Waals surface area contributed by atoms with Crippen LogP contribution in [-0.2, 0) is 6.54 Å². The van der Waals surface area contributed by atoms with Gasteiger partial charge < -0.3 is 4.90 Å². The van der Waals surface area contributed by atoms with Gasteiger partial charge in [-0.05, 0) is 35.9 Å². The minimum Gasteiger partial charge on any atom is -0.337 e. The van der Waals surface area contributed by atoms with Gasteiger partial charge in [-0.15, -0.1) is 0 Å². The molecule has 2 nitrogen and oxygen atoms in total. The van der Waals surface area contributed by atoms with Gasteiger partial charge in [0.05, 0.1) is 10.6 Å². The average molecular weight is 312 g/mol. The normalized spacial score (nSPS) is 10.4. The molecule has 0 aliphatic heterocycles. The molecule has 2 aromatic carbocycles. The number of hydrogen-bond donors (Lipinski definition) is 0. The molecule has 0 fully saturated rings. The molecule has 0 unspecified atom stereocenters. The zero-order chi connectivity index (χ0) is 14.7. The van der Waals surface area contributed by atoms with Gasteiger partial charge in [0.1, 0.15) is 5.82 Å². The molecule has 0 aliphatic carbocycles. The molecule has 0 saturated heterocycles. The summed E-state index contributed by atoms with van der Waals surface area (Å²) in [5.74, 6) is -0.737. The van der Waals surface area contributed by atoms with Gasteiger partial charge in [0.25, 0.3) is 5.91 Å². The Bertz CT molecular complexity index is 646. The van der Waals surface area contributed by atoms with Gasteiger partial charge in [-0.3, -0.25) is 4.79 Å². The fourth-order valence-electron chi connectivity index (χ4n) is 1.85. The van der Waals surface area contributed by atoms with E-state index in [2.05, 4.69) is 0 Å². The molecule has 0 saturated carbocycles. The number of nitrogens with zero attached hydrogens (tertiary/aromatic N) is 1. The van der Waals surface area contributed by atoms with Crippen molar-refractivity contribution in [2.24, 2.45) is 0 Å². The Balaban J connectivity index is 2.16. The smallest absolute Gasteiger partial charge is 0.255 e. The van der Waals surface area contributed by atoms with E-state index in [0.717, 1.165) is 11.6 Å². The van der Waals surface area contributed by atoms with Crippen LogP contribution in [0.25, 0.3) is 0 Å². The molecular weight excluding hydrogens is 300 g/mol. The van der Waals surface area contributed by atoms with E-state index in [-0.39, 0.29) is 16.5 Å². The second kappa shape index (κ2) is 6.25. The van der Waals surface area contributed by atoms with E-state index in [9.17, 15) is 9.18 Å². The molecule has 0 aromatic heterocycles. The SMILES string of the molecule is CN(Cc1cccc(Cl)c1)C(=O)c1ccc(F)cc1Cl. The second-order valence-electron chi connectivity index (χ2n) is 4.42. The van der Waals surface area contributed by atoms with Crippen LogP contribution in [0.4, 0.5) is 4.39 Å². The van der Waals surface area contributed by atoms with Crippen molar-refractivity contribution in [3.8, 4) is 0 Å². The average Bonchev–Trinajstić information content (AvgIpc) is 2.38. The lowest BCUT2D eigenvalue weighted by molar-refractivity contribution is 0.0785. The molecule has 2 aromatic rings. The number of benzene rings is 2. The maximum Gasteiger partial charge on any atom is 0.255 e. The molecule has 0 atom stereocenters. The Hall–Kier alpha value is -1.58. The Morgan fingerprint density at radius 2 is 1.95 bits per heavy atom. The molecule has 104 valence electrons. The van der Waals surface area contributed by atoms with Gasteiger partial charge in [0.15, 0.2) is 0 Å². The van der Waals surface area contributed by atoms with Gasteiger partial charge in [0, 0.05) is 18.6 Å². The predicted molar refractivity (Wildman–Crippen MR) is 78.7 cm³/mol. The van der Waals surface area contributed by atoms with Crippen LogP contribution in [-0.4, -0.2) is 17.9 Å². The number of carbonyl (C=O) groups is 1. The van der Waals surface area contributed by atoms with Gasteiger partial charge in [-0.25, -0.2) is 4.39 Å². The van der Waals surface area contributed by atoms with Gasteiger partial charge in [-0.2, -0.15) is 0 Å². The molecule has 0 spiro atoms. The minimum absolute atomic E-state index is 0.105. The number of rotatable bonds is 3. The maximum atomic E-state index is 13.0. The quantitative estimate of drug-likeness (QED) is 0.822. The van der Waals surface area contributed by atoms with Crippen LogP contribution in [0.5, 0.6) is 0 Å². The lowest BCUT2D eigenvalue weighted by atomic mass is 10.1. The van der Waals surface area contributed by atoms with Crippen molar-refractivity contribution >= 4 is 29.1 Å². The van der Waals surface area contributed by atoms with Crippen LogP contribution in [0.3, 0.4) is 0 Å². The molecular formula is C15H12Cl2FNO. The molecule has 20 heavy (non-hydrogen) atoms. The largest absolute Gasteiger partial charge is 0.337 e. The van der Waals surface area contributed by atoms with Crippen LogP contribution >= 0.6 is 23.2 Å². The van der Waals surface area contributed by atoms with E-state index in [1.54, 1.807) is 19.2 Å².